The number of hydrogen-bond acceptors (Lipinski definition) is 2. The molecule has 0 saturated heterocycles. The van der Waals surface area contributed by atoms with Gasteiger partial charge in [-0.05, 0) is 116 Å². The lowest BCUT2D eigenvalue weighted by Crippen LogP contribution is -2.23. The molecule has 2 unspecified atom stereocenters. The number of aliphatic imine (C=N–C) groups is 1. The Morgan fingerprint density at radius 3 is 2.24 bits per heavy atom. The van der Waals surface area contributed by atoms with Gasteiger partial charge in [-0.25, -0.2) is 0 Å². The van der Waals surface area contributed by atoms with Crippen molar-refractivity contribution in [3.63, 3.8) is 0 Å². The van der Waals surface area contributed by atoms with Gasteiger partial charge in [-0.1, -0.05) is 165 Å². The third kappa shape index (κ3) is 5.50. The molecule has 0 aromatic heterocycles. The monoisotopic (exact) mass is 708 g/mol. The Morgan fingerprint density at radius 1 is 0.655 bits per heavy atom. The smallest absolute Gasteiger partial charge is 0.0781 e. The summed E-state index contributed by atoms with van der Waals surface area (Å²) in [7, 11) is 0. The van der Waals surface area contributed by atoms with Crippen LogP contribution in [0.3, 0.4) is 0 Å². The van der Waals surface area contributed by atoms with E-state index >= 15 is 0 Å². The summed E-state index contributed by atoms with van der Waals surface area (Å²) in [4.78, 5) is 5.98. The molecule has 55 heavy (non-hydrogen) atoms. The van der Waals surface area contributed by atoms with Crippen LogP contribution in [0.5, 0.6) is 0 Å². The third-order valence-corrected chi connectivity index (χ3v) is 12.5. The Hall–Kier alpha value is -6.25. The van der Waals surface area contributed by atoms with Gasteiger partial charge in [0.05, 0.1) is 17.5 Å². The molecule has 266 valence electrons. The lowest BCUT2D eigenvalue weighted by molar-refractivity contribution is 0.725. The summed E-state index contributed by atoms with van der Waals surface area (Å²) in [6.07, 6.45) is 7.08. The molecule has 2 nitrogen and oxygen atoms in total. The molecule has 7 aromatic rings. The number of nitrogens with one attached hydrogen (secondary N) is 1. The highest BCUT2D eigenvalue weighted by molar-refractivity contribution is 6.13. The van der Waals surface area contributed by atoms with Gasteiger partial charge in [0, 0.05) is 17.0 Å². The zero-order valence-corrected chi connectivity index (χ0v) is 31.7. The van der Waals surface area contributed by atoms with E-state index in [0.29, 0.717) is 0 Å². The number of nitrogens with zero attached hydrogens (tertiary/aromatic N) is 1. The van der Waals surface area contributed by atoms with Gasteiger partial charge in [0.25, 0.3) is 0 Å². The number of fused-ring (bicyclic) bond motifs is 8. The maximum absolute atomic E-state index is 5.98. The fraction of sp³-hybridized carbons (Fsp3) is 0.151. The minimum atomic E-state index is -0.0588. The van der Waals surface area contributed by atoms with Gasteiger partial charge >= 0.3 is 0 Å². The molecule has 7 aromatic carbocycles. The van der Waals surface area contributed by atoms with E-state index in [0.717, 1.165) is 30.7 Å². The summed E-state index contributed by atoms with van der Waals surface area (Å²) in [5.41, 5.74) is 19.4. The van der Waals surface area contributed by atoms with Gasteiger partial charge in [0.2, 0.25) is 0 Å². The predicted molar refractivity (Wildman–Crippen MR) is 233 cm³/mol. The first-order valence-electron chi connectivity index (χ1n) is 19.8. The van der Waals surface area contributed by atoms with Crippen molar-refractivity contribution < 1.29 is 0 Å². The van der Waals surface area contributed by atoms with Gasteiger partial charge in [-0.2, -0.15) is 0 Å². The second-order valence-corrected chi connectivity index (χ2v) is 15.4. The zero-order chi connectivity index (χ0) is 37.0. The Kier molecular flexibility index (Phi) is 8.21. The molecule has 3 aliphatic rings. The molecule has 0 fully saturated rings. The zero-order valence-electron chi connectivity index (χ0n) is 31.7. The first-order valence-corrected chi connectivity index (χ1v) is 19.8. The maximum atomic E-state index is 5.98. The summed E-state index contributed by atoms with van der Waals surface area (Å²) < 4.78 is 0. The van der Waals surface area contributed by atoms with Crippen molar-refractivity contribution in [2.75, 3.05) is 0 Å². The van der Waals surface area contributed by atoms with Crippen LogP contribution in [0.2, 0.25) is 0 Å². The molecule has 0 saturated carbocycles. The van der Waals surface area contributed by atoms with Crippen LogP contribution in [0, 0.1) is 5.92 Å². The largest absolute Gasteiger partial charge is 0.380 e. The summed E-state index contributed by atoms with van der Waals surface area (Å²) in [5, 5.41) is 8.99. The van der Waals surface area contributed by atoms with Crippen LogP contribution in [0.4, 0.5) is 0 Å². The van der Waals surface area contributed by atoms with Crippen LogP contribution in [0.15, 0.2) is 168 Å². The Morgan fingerprint density at radius 2 is 1.36 bits per heavy atom. The molecule has 1 aliphatic carbocycles. The Balaban J connectivity index is 1.24. The molecule has 0 bridgehead atoms. The highest BCUT2D eigenvalue weighted by atomic mass is 14.9. The molecular formula is C53H44N2. The van der Waals surface area contributed by atoms with Crippen molar-refractivity contribution in [3.8, 4) is 11.1 Å². The average molecular weight is 709 g/mol. The molecule has 1 N–H and O–H groups in total. The third-order valence-electron chi connectivity index (χ3n) is 12.5. The van der Waals surface area contributed by atoms with Crippen LogP contribution in [-0.4, -0.2) is 5.71 Å². The van der Waals surface area contributed by atoms with Crippen molar-refractivity contribution in [3.05, 3.63) is 207 Å². The second-order valence-electron chi connectivity index (χ2n) is 15.4. The van der Waals surface area contributed by atoms with Crippen molar-refractivity contribution in [2.24, 2.45) is 10.9 Å². The standard InChI is InChI=1S/C53H44N2/c1-4-35-32-47(36-15-6-5-7-16-36)33(2)34(3)51(46-24-14-19-41-31-40-18-9-11-21-43(40)48(41)46)55-52(35)44-22-12-13-23-45(44)53-50-39(29-30-54-53)28-27-38-26-25-37-17-8-10-20-42(37)49(38)50/h5-30,34,53-54H,4,31-32H2,1-3H3/b47-33+,52-35-,55-51?. The fourth-order valence-electron chi connectivity index (χ4n) is 9.53. The quantitative estimate of drug-likeness (QED) is 0.177. The minimum Gasteiger partial charge on any atom is -0.380 e. The average Bonchev–Trinajstić information content (AvgIpc) is 3.63. The first kappa shape index (κ1) is 33.3. The van der Waals surface area contributed by atoms with Crippen molar-refractivity contribution in [1.82, 2.24) is 5.32 Å². The van der Waals surface area contributed by atoms with Crippen LogP contribution in [0.1, 0.15) is 84.2 Å². The Bertz CT molecular complexity index is 2790. The number of allylic oxidation sites excluding steroid dienone is 3. The van der Waals surface area contributed by atoms with Crippen LogP contribution in [-0.2, 0) is 6.42 Å². The van der Waals surface area contributed by atoms with E-state index < -0.39 is 0 Å². The van der Waals surface area contributed by atoms with Crippen LogP contribution in [0.25, 0.3) is 50.0 Å². The van der Waals surface area contributed by atoms with Crippen molar-refractivity contribution in [2.45, 2.75) is 46.1 Å². The number of benzene rings is 7. The van der Waals surface area contributed by atoms with E-state index in [-0.39, 0.29) is 12.0 Å². The summed E-state index contributed by atoms with van der Waals surface area (Å²) >= 11 is 0. The lowest BCUT2D eigenvalue weighted by atomic mass is 9.79. The minimum absolute atomic E-state index is 0.0588. The topological polar surface area (TPSA) is 24.4 Å². The molecule has 10 rings (SSSR count). The lowest BCUT2D eigenvalue weighted by Gasteiger charge is -2.30. The molecule has 0 radical (unpaired) electrons. The fourth-order valence-corrected chi connectivity index (χ4v) is 9.53. The molecule has 2 heterocycles. The van der Waals surface area contributed by atoms with Gasteiger partial charge in [0.15, 0.2) is 0 Å². The highest BCUT2D eigenvalue weighted by Gasteiger charge is 2.31. The molecule has 0 spiro atoms. The van der Waals surface area contributed by atoms with E-state index in [4.69, 9.17) is 4.99 Å². The van der Waals surface area contributed by atoms with E-state index in [1.807, 2.05) is 0 Å². The normalized spacial score (nSPS) is 20.3. The molecule has 0 amide bonds. The summed E-state index contributed by atoms with van der Waals surface area (Å²) in [5.74, 6) is 0.0989. The summed E-state index contributed by atoms with van der Waals surface area (Å²) in [6, 6.07) is 53.7. The molecular weight excluding hydrogens is 665 g/mol. The van der Waals surface area contributed by atoms with Crippen LogP contribution < -0.4 is 5.32 Å². The highest BCUT2D eigenvalue weighted by Crippen LogP contribution is 2.46. The first-order chi connectivity index (χ1) is 27.1. The number of hydrogen-bond donors (Lipinski definition) is 1. The maximum Gasteiger partial charge on any atom is 0.0781 e. The van der Waals surface area contributed by atoms with Gasteiger partial charge in [-0.3, -0.25) is 4.99 Å². The van der Waals surface area contributed by atoms with Crippen LogP contribution >= 0.6 is 0 Å². The predicted octanol–water partition coefficient (Wildman–Crippen LogP) is 13.4. The Labute approximate surface area is 324 Å². The molecule has 2 atom stereocenters. The SMILES string of the molecule is CC/C1=C(\c2ccccc2C2NC=Cc3ccc4ccc5ccccc5c4c32)N=C(c2cccc3c2-c2ccccc2C3)C(C)/C(C)=C(/c2ccccc2)C1. The molecule has 2 heteroatoms. The number of rotatable bonds is 5. The van der Waals surface area contributed by atoms with Gasteiger partial charge < -0.3 is 5.32 Å². The van der Waals surface area contributed by atoms with E-state index in [1.165, 1.54) is 93.9 Å². The summed E-state index contributed by atoms with van der Waals surface area (Å²) in [6.45, 7) is 7.03. The second kappa shape index (κ2) is 13.6. The van der Waals surface area contributed by atoms with Gasteiger partial charge in [-0.15, -0.1) is 0 Å². The van der Waals surface area contributed by atoms with E-state index in [2.05, 4.69) is 184 Å². The van der Waals surface area contributed by atoms with E-state index in [1.54, 1.807) is 0 Å². The molecule has 2 aliphatic heterocycles. The van der Waals surface area contributed by atoms with Gasteiger partial charge in [0.1, 0.15) is 0 Å². The van der Waals surface area contributed by atoms with Crippen molar-refractivity contribution in [1.29, 1.82) is 0 Å². The van der Waals surface area contributed by atoms with E-state index in [9.17, 15) is 0 Å². The van der Waals surface area contributed by atoms with Crippen molar-refractivity contribution >= 4 is 44.6 Å².